The summed E-state index contributed by atoms with van der Waals surface area (Å²) in [6.07, 6.45) is 1.07. The highest BCUT2D eigenvalue weighted by Gasteiger charge is 2.26. The Morgan fingerprint density at radius 1 is 0.885 bits per heavy atom. The summed E-state index contributed by atoms with van der Waals surface area (Å²) in [6, 6.07) is 16.1. The number of ether oxygens (including phenoxy) is 2. The Kier molecular flexibility index (Phi) is 6.26. The van der Waals surface area contributed by atoms with Crippen molar-refractivity contribution in [2.75, 3.05) is 33.9 Å². The average Bonchev–Trinajstić information content (AvgIpc) is 2.70. The van der Waals surface area contributed by atoms with Gasteiger partial charge in [0, 0.05) is 32.7 Å². The molecule has 138 valence electrons. The molecule has 3 rings (SSSR count). The van der Waals surface area contributed by atoms with Crippen molar-refractivity contribution in [3.05, 3.63) is 59.7 Å². The van der Waals surface area contributed by atoms with Crippen molar-refractivity contribution < 1.29 is 14.3 Å². The normalized spacial score (nSPS) is 18.5. The van der Waals surface area contributed by atoms with Gasteiger partial charge in [-0.3, -0.25) is 9.80 Å². The molecule has 1 saturated heterocycles. The maximum Gasteiger partial charge on any atom is 0.138 e. The van der Waals surface area contributed by atoms with Crippen LogP contribution in [-0.2, 0) is 17.9 Å². The van der Waals surface area contributed by atoms with E-state index in [0.29, 0.717) is 0 Å². The molecule has 1 fully saturated rings. The Labute approximate surface area is 155 Å². The van der Waals surface area contributed by atoms with E-state index in [1.165, 1.54) is 11.1 Å². The highest BCUT2D eigenvalue weighted by molar-refractivity contribution is 5.58. The number of benzene rings is 2. The number of aldehydes is 1. The maximum atomic E-state index is 11.6. The number of hydrogen-bond donors (Lipinski definition) is 0. The number of hydrogen-bond acceptors (Lipinski definition) is 5. The minimum atomic E-state index is -0.0795. The van der Waals surface area contributed by atoms with E-state index in [2.05, 4.69) is 34.1 Å². The summed E-state index contributed by atoms with van der Waals surface area (Å²) in [4.78, 5) is 16.2. The summed E-state index contributed by atoms with van der Waals surface area (Å²) in [5.74, 6) is 1.72. The lowest BCUT2D eigenvalue weighted by Crippen LogP contribution is -2.53. The Balaban J connectivity index is 1.57. The molecule has 5 heteroatoms. The number of piperazine rings is 1. The van der Waals surface area contributed by atoms with Gasteiger partial charge in [-0.15, -0.1) is 0 Å². The second-order valence-electron chi connectivity index (χ2n) is 6.61. The predicted octanol–water partition coefficient (Wildman–Crippen LogP) is 2.59. The van der Waals surface area contributed by atoms with E-state index in [1.807, 2.05) is 24.3 Å². The summed E-state index contributed by atoms with van der Waals surface area (Å²) in [5, 5.41) is 0. The van der Waals surface area contributed by atoms with Gasteiger partial charge < -0.3 is 14.3 Å². The summed E-state index contributed by atoms with van der Waals surface area (Å²) < 4.78 is 10.4. The standard InChI is InChI=1S/C21H26N2O3/c1-25-20-7-3-17(4-8-20)13-22-11-12-23(19(15-22)16-24)14-18-5-9-21(26-2)10-6-18/h3-10,16,19H,11-15H2,1-2H3/t19-/m1/s1. The molecule has 0 radical (unpaired) electrons. The Morgan fingerprint density at radius 3 is 1.92 bits per heavy atom. The van der Waals surface area contributed by atoms with Crippen LogP contribution in [-0.4, -0.2) is 56.0 Å². The zero-order valence-electron chi connectivity index (χ0n) is 15.4. The van der Waals surface area contributed by atoms with E-state index in [9.17, 15) is 4.79 Å². The molecule has 0 spiro atoms. The molecule has 0 saturated carbocycles. The smallest absolute Gasteiger partial charge is 0.138 e. The lowest BCUT2D eigenvalue weighted by Gasteiger charge is -2.39. The molecular formula is C21H26N2O3. The van der Waals surface area contributed by atoms with Crippen molar-refractivity contribution in [2.24, 2.45) is 0 Å². The minimum absolute atomic E-state index is 0.0795. The third-order valence-electron chi connectivity index (χ3n) is 4.88. The van der Waals surface area contributed by atoms with Crippen molar-refractivity contribution in [1.82, 2.24) is 9.80 Å². The first-order valence-corrected chi connectivity index (χ1v) is 8.89. The molecule has 2 aromatic rings. The van der Waals surface area contributed by atoms with Gasteiger partial charge in [-0.2, -0.15) is 0 Å². The summed E-state index contributed by atoms with van der Waals surface area (Å²) in [7, 11) is 3.34. The highest BCUT2D eigenvalue weighted by Crippen LogP contribution is 2.18. The van der Waals surface area contributed by atoms with Gasteiger partial charge in [-0.05, 0) is 35.4 Å². The van der Waals surface area contributed by atoms with Gasteiger partial charge in [0.1, 0.15) is 17.8 Å². The third kappa shape index (κ3) is 4.62. The lowest BCUT2D eigenvalue weighted by molar-refractivity contribution is -0.115. The van der Waals surface area contributed by atoms with Crippen molar-refractivity contribution >= 4 is 6.29 Å². The molecule has 1 aliphatic rings. The molecule has 0 N–H and O–H groups in total. The molecule has 26 heavy (non-hydrogen) atoms. The first-order chi connectivity index (χ1) is 12.7. The van der Waals surface area contributed by atoms with Crippen LogP contribution in [0.3, 0.4) is 0 Å². The van der Waals surface area contributed by atoms with E-state index in [-0.39, 0.29) is 6.04 Å². The van der Waals surface area contributed by atoms with Crippen LogP contribution in [0.2, 0.25) is 0 Å². The number of carbonyl (C=O) groups excluding carboxylic acids is 1. The largest absolute Gasteiger partial charge is 0.497 e. The lowest BCUT2D eigenvalue weighted by atomic mass is 10.1. The first-order valence-electron chi connectivity index (χ1n) is 8.89. The fraction of sp³-hybridized carbons (Fsp3) is 0.381. The molecule has 0 unspecified atom stereocenters. The Morgan fingerprint density at radius 2 is 1.42 bits per heavy atom. The number of methoxy groups -OCH3 is 2. The average molecular weight is 354 g/mol. The van der Waals surface area contributed by atoms with E-state index in [4.69, 9.17) is 9.47 Å². The second kappa shape index (κ2) is 8.83. The van der Waals surface area contributed by atoms with Gasteiger partial charge in [0.15, 0.2) is 0 Å². The van der Waals surface area contributed by atoms with Gasteiger partial charge in [-0.25, -0.2) is 0 Å². The highest BCUT2D eigenvalue weighted by atomic mass is 16.5. The Hall–Kier alpha value is -2.37. The van der Waals surface area contributed by atoms with Gasteiger partial charge >= 0.3 is 0 Å². The van der Waals surface area contributed by atoms with E-state index < -0.39 is 0 Å². The Bertz CT molecular complexity index is 700. The van der Waals surface area contributed by atoms with Crippen molar-refractivity contribution in [2.45, 2.75) is 19.1 Å². The molecule has 0 aliphatic carbocycles. The number of nitrogens with zero attached hydrogens (tertiary/aromatic N) is 2. The first kappa shape index (κ1) is 18.4. The third-order valence-corrected chi connectivity index (χ3v) is 4.88. The maximum absolute atomic E-state index is 11.6. The van der Waals surface area contributed by atoms with Crippen LogP contribution in [0.5, 0.6) is 11.5 Å². The quantitative estimate of drug-likeness (QED) is 0.715. The van der Waals surface area contributed by atoms with E-state index in [1.54, 1.807) is 14.2 Å². The summed E-state index contributed by atoms with van der Waals surface area (Å²) >= 11 is 0. The number of carbonyl (C=O) groups is 1. The monoisotopic (exact) mass is 354 g/mol. The number of rotatable bonds is 7. The molecule has 0 amide bonds. The summed E-state index contributed by atoms with van der Waals surface area (Å²) in [6.45, 7) is 4.22. The predicted molar refractivity (Wildman–Crippen MR) is 102 cm³/mol. The van der Waals surface area contributed by atoms with Crippen LogP contribution in [0, 0.1) is 0 Å². The minimum Gasteiger partial charge on any atom is -0.497 e. The second-order valence-corrected chi connectivity index (χ2v) is 6.61. The van der Waals surface area contributed by atoms with Gasteiger partial charge in [0.05, 0.1) is 20.3 Å². The molecule has 2 aromatic carbocycles. The molecular weight excluding hydrogens is 328 g/mol. The SMILES string of the molecule is COc1ccc(CN2CCN(Cc3ccc(OC)cc3)[C@@H](C=O)C2)cc1. The van der Waals surface area contributed by atoms with Gasteiger partial charge in [0.2, 0.25) is 0 Å². The summed E-state index contributed by atoms with van der Waals surface area (Å²) in [5.41, 5.74) is 2.43. The van der Waals surface area contributed by atoms with Crippen LogP contribution in [0.1, 0.15) is 11.1 Å². The van der Waals surface area contributed by atoms with Crippen LogP contribution >= 0.6 is 0 Å². The molecule has 1 atom stereocenters. The molecule has 5 nitrogen and oxygen atoms in total. The van der Waals surface area contributed by atoms with Crippen molar-refractivity contribution in [1.29, 1.82) is 0 Å². The zero-order valence-corrected chi connectivity index (χ0v) is 15.4. The molecule has 0 bridgehead atoms. The van der Waals surface area contributed by atoms with E-state index in [0.717, 1.165) is 50.5 Å². The van der Waals surface area contributed by atoms with Crippen LogP contribution in [0.4, 0.5) is 0 Å². The van der Waals surface area contributed by atoms with Crippen molar-refractivity contribution in [3.8, 4) is 11.5 Å². The fourth-order valence-electron chi connectivity index (χ4n) is 3.33. The van der Waals surface area contributed by atoms with E-state index >= 15 is 0 Å². The van der Waals surface area contributed by atoms with Gasteiger partial charge in [-0.1, -0.05) is 24.3 Å². The van der Waals surface area contributed by atoms with Gasteiger partial charge in [0.25, 0.3) is 0 Å². The van der Waals surface area contributed by atoms with Crippen molar-refractivity contribution in [3.63, 3.8) is 0 Å². The van der Waals surface area contributed by atoms with Crippen LogP contribution in [0.15, 0.2) is 48.5 Å². The topological polar surface area (TPSA) is 42.0 Å². The van der Waals surface area contributed by atoms with Crippen LogP contribution in [0.25, 0.3) is 0 Å². The zero-order chi connectivity index (χ0) is 18.4. The molecule has 0 aromatic heterocycles. The molecule has 1 heterocycles. The molecule has 1 aliphatic heterocycles. The van der Waals surface area contributed by atoms with Crippen LogP contribution < -0.4 is 9.47 Å². The fourth-order valence-corrected chi connectivity index (χ4v) is 3.33.